The van der Waals surface area contributed by atoms with Gasteiger partial charge in [-0.3, -0.25) is 9.59 Å². The summed E-state index contributed by atoms with van der Waals surface area (Å²) in [6.45, 7) is 5.24. The number of hydrogen-bond acceptors (Lipinski definition) is 3. The maximum Gasteiger partial charge on any atom is 0.306 e. The molecule has 0 aromatic heterocycles. The molecule has 0 heterocycles. The van der Waals surface area contributed by atoms with E-state index >= 15 is 0 Å². The Morgan fingerprint density at radius 2 is 1.95 bits per heavy atom. The molecule has 0 aliphatic carbocycles. The number of amides is 1. The Morgan fingerprint density at radius 1 is 1.30 bits per heavy atom. The van der Waals surface area contributed by atoms with Crippen LogP contribution in [0.4, 0.5) is 10.1 Å². The van der Waals surface area contributed by atoms with Gasteiger partial charge in [-0.25, -0.2) is 4.39 Å². The first-order valence-corrected chi connectivity index (χ1v) is 6.52. The van der Waals surface area contributed by atoms with Gasteiger partial charge in [0.05, 0.1) is 17.1 Å². The Kier molecular flexibility index (Phi) is 5.51. The van der Waals surface area contributed by atoms with Gasteiger partial charge in [0, 0.05) is 6.42 Å². The highest BCUT2D eigenvalue weighted by Crippen LogP contribution is 2.22. The predicted octanol–water partition coefficient (Wildman–Crippen LogP) is 3.54. The molecule has 1 aromatic carbocycles. The number of halogens is 2. The van der Waals surface area contributed by atoms with Crippen molar-refractivity contribution in [3.63, 3.8) is 0 Å². The van der Waals surface area contributed by atoms with Crippen LogP contribution in [0.5, 0.6) is 0 Å². The fraction of sp³-hybridized carbons (Fsp3) is 0.429. The molecule has 6 heteroatoms. The summed E-state index contributed by atoms with van der Waals surface area (Å²) >= 11 is 5.82. The molecular weight excluding hydrogens is 285 g/mol. The second kappa shape index (κ2) is 6.70. The van der Waals surface area contributed by atoms with Crippen LogP contribution in [0.15, 0.2) is 18.2 Å². The minimum Gasteiger partial charge on any atom is -0.460 e. The number of carbonyl (C=O) groups excluding carboxylic acids is 2. The van der Waals surface area contributed by atoms with Crippen LogP contribution in [0, 0.1) is 5.82 Å². The molecule has 20 heavy (non-hydrogen) atoms. The number of esters is 1. The van der Waals surface area contributed by atoms with Crippen LogP contribution in [-0.2, 0) is 14.3 Å². The fourth-order valence-corrected chi connectivity index (χ4v) is 1.58. The van der Waals surface area contributed by atoms with Gasteiger partial charge in [-0.15, -0.1) is 0 Å². The lowest BCUT2D eigenvalue weighted by Crippen LogP contribution is -2.24. The molecule has 1 rings (SSSR count). The monoisotopic (exact) mass is 301 g/mol. The molecule has 0 radical (unpaired) electrons. The highest BCUT2D eigenvalue weighted by Gasteiger charge is 2.17. The van der Waals surface area contributed by atoms with E-state index in [1.807, 2.05) is 0 Å². The van der Waals surface area contributed by atoms with E-state index in [1.54, 1.807) is 20.8 Å². The largest absolute Gasteiger partial charge is 0.460 e. The Bertz CT molecular complexity index is 512. The lowest BCUT2D eigenvalue weighted by Gasteiger charge is -2.19. The van der Waals surface area contributed by atoms with Crippen molar-refractivity contribution >= 4 is 29.2 Å². The van der Waals surface area contributed by atoms with Gasteiger partial charge in [0.25, 0.3) is 0 Å². The second-order valence-electron chi connectivity index (χ2n) is 5.26. The quantitative estimate of drug-likeness (QED) is 0.865. The third-order valence-corrected chi connectivity index (χ3v) is 2.51. The number of benzene rings is 1. The molecule has 4 nitrogen and oxygen atoms in total. The van der Waals surface area contributed by atoms with Crippen LogP contribution >= 0.6 is 11.6 Å². The molecular formula is C14H17ClFNO3. The van der Waals surface area contributed by atoms with Crippen molar-refractivity contribution in [2.24, 2.45) is 0 Å². The Hall–Kier alpha value is -1.62. The molecule has 1 N–H and O–H groups in total. The standard InChI is InChI=1S/C14H17ClFNO3/c1-14(2,3)20-13(19)7-6-12(18)17-11-8-9(16)4-5-10(11)15/h4-5,8H,6-7H2,1-3H3,(H,17,18). The minimum atomic E-state index is -0.584. The highest BCUT2D eigenvalue weighted by atomic mass is 35.5. The van der Waals surface area contributed by atoms with Crippen LogP contribution in [0.3, 0.4) is 0 Å². The van der Waals surface area contributed by atoms with Crippen LogP contribution < -0.4 is 5.32 Å². The Morgan fingerprint density at radius 3 is 2.55 bits per heavy atom. The molecule has 1 aromatic rings. The zero-order valence-electron chi connectivity index (χ0n) is 11.6. The van der Waals surface area contributed by atoms with Gasteiger partial charge < -0.3 is 10.1 Å². The van der Waals surface area contributed by atoms with E-state index in [9.17, 15) is 14.0 Å². The molecule has 0 aliphatic heterocycles. The van der Waals surface area contributed by atoms with Crippen LogP contribution in [0.1, 0.15) is 33.6 Å². The van der Waals surface area contributed by atoms with Crippen molar-refractivity contribution in [2.75, 3.05) is 5.32 Å². The summed E-state index contributed by atoms with van der Waals surface area (Å²) in [5.74, 6) is -1.39. The molecule has 1 amide bonds. The van der Waals surface area contributed by atoms with Crippen LogP contribution in [-0.4, -0.2) is 17.5 Å². The van der Waals surface area contributed by atoms with Gasteiger partial charge in [0.15, 0.2) is 0 Å². The van der Waals surface area contributed by atoms with Gasteiger partial charge in [-0.1, -0.05) is 11.6 Å². The Labute approximate surface area is 122 Å². The summed E-state index contributed by atoms with van der Waals surface area (Å²) in [7, 11) is 0. The third kappa shape index (κ3) is 6.02. The number of hydrogen-bond donors (Lipinski definition) is 1. The maximum absolute atomic E-state index is 13.0. The van der Waals surface area contributed by atoms with Crippen molar-refractivity contribution in [3.8, 4) is 0 Å². The van der Waals surface area contributed by atoms with E-state index < -0.39 is 23.3 Å². The first-order valence-electron chi connectivity index (χ1n) is 6.14. The predicted molar refractivity (Wildman–Crippen MR) is 75.1 cm³/mol. The van der Waals surface area contributed by atoms with E-state index in [4.69, 9.17) is 16.3 Å². The summed E-state index contributed by atoms with van der Waals surface area (Å²) in [5.41, 5.74) is -0.403. The number of nitrogens with one attached hydrogen (secondary N) is 1. The van der Waals surface area contributed by atoms with Gasteiger partial charge in [0.1, 0.15) is 11.4 Å². The summed E-state index contributed by atoms with van der Waals surface area (Å²) in [6.07, 6.45) is -0.0994. The molecule has 0 atom stereocenters. The minimum absolute atomic E-state index is 0.0456. The SMILES string of the molecule is CC(C)(C)OC(=O)CCC(=O)Nc1cc(F)ccc1Cl. The second-order valence-corrected chi connectivity index (χ2v) is 5.67. The van der Waals surface area contributed by atoms with E-state index in [2.05, 4.69) is 5.32 Å². The van der Waals surface area contributed by atoms with E-state index in [0.29, 0.717) is 0 Å². The molecule has 0 saturated carbocycles. The van der Waals surface area contributed by atoms with Crippen molar-refractivity contribution in [2.45, 2.75) is 39.2 Å². The van der Waals surface area contributed by atoms with Gasteiger partial charge in [-0.05, 0) is 39.0 Å². The molecule has 0 saturated heterocycles. The topological polar surface area (TPSA) is 55.4 Å². The first-order chi connectivity index (χ1) is 9.17. The zero-order valence-corrected chi connectivity index (χ0v) is 12.4. The maximum atomic E-state index is 13.0. The number of rotatable bonds is 4. The molecule has 0 unspecified atom stereocenters. The highest BCUT2D eigenvalue weighted by molar-refractivity contribution is 6.33. The molecule has 0 bridgehead atoms. The van der Waals surface area contributed by atoms with Crippen LogP contribution in [0.25, 0.3) is 0 Å². The van der Waals surface area contributed by atoms with Gasteiger partial charge >= 0.3 is 5.97 Å². The average Bonchev–Trinajstić information content (AvgIpc) is 2.29. The molecule has 110 valence electrons. The van der Waals surface area contributed by atoms with Crippen molar-refractivity contribution < 1.29 is 18.7 Å². The molecule has 0 spiro atoms. The van der Waals surface area contributed by atoms with E-state index in [-0.39, 0.29) is 23.6 Å². The van der Waals surface area contributed by atoms with Crippen molar-refractivity contribution in [1.82, 2.24) is 0 Å². The summed E-state index contributed by atoms with van der Waals surface area (Å²) in [6, 6.07) is 3.66. The van der Waals surface area contributed by atoms with E-state index in [0.717, 1.165) is 6.07 Å². The zero-order chi connectivity index (χ0) is 15.3. The van der Waals surface area contributed by atoms with Crippen molar-refractivity contribution in [1.29, 1.82) is 0 Å². The summed E-state index contributed by atoms with van der Waals surface area (Å²) < 4.78 is 18.1. The number of carbonyl (C=O) groups is 2. The third-order valence-electron chi connectivity index (χ3n) is 2.18. The molecule has 0 fully saturated rings. The van der Waals surface area contributed by atoms with Gasteiger partial charge in [-0.2, -0.15) is 0 Å². The summed E-state index contributed by atoms with van der Waals surface area (Å²) in [5, 5.41) is 2.68. The number of anilines is 1. The van der Waals surface area contributed by atoms with Crippen LogP contribution in [0.2, 0.25) is 5.02 Å². The lowest BCUT2D eigenvalue weighted by atomic mass is 10.2. The summed E-state index contributed by atoms with van der Waals surface area (Å²) in [4.78, 5) is 23.1. The molecule has 0 aliphatic rings. The number of ether oxygens (including phenoxy) is 1. The average molecular weight is 302 g/mol. The van der Waals surface area contributed by atoms with Crippen molar-refractivity contribution in [3.05, 3.63) is 29.0 Å². The van der Waals surface area contributed by atoms with Gasteiger partial charge in [0.2, 0.25) is 5.91 Å². The normalized spacial score (nSPS) is 11.1. The smallest absolute Gasteiger partial charge is 0.306 e. The first kappa shape index (κ1) is 16.4. The fourth-order valence-electron chi connectivity index (χ4n) is 1.41. The lowest BCUT2D eigenvalue weighted by molar-refractivity contribution is -0.155. The van der Waals surface area contributed by atoms with E-state index in [1.165, 1.54) is 12.1 Å². The Balaban J connectivity index is 2.48.